The highest BCUT2D eigenvalue weighted by Crippen LogP contribution is 2.41. The number of fused-ring (bicyclic) bond motifs is 2. The van der Waals surface area contributed by atoms with Crippen molar-refractivity contribution in [1.82, 2.24) is 4.90 Å². The van der Waals surface area contributed by atoms with Crippen molar-refractivity contribution in [2.75, 3.05) is 6.54 Å². The van der Waals surface area contributed by atoms with Gasteiger partial charge in [-0.05, 0) is 31.2 Å². The molecule has 1 aromatic rings. The Kier molecular flexibility index (Phi) is 2.49. The van der Waals surface area contributed by atoms with E-state index in [2.05, 4.69) is 42.2 Å². The van der Waals surface area contributed by atoms with Crippen LogP contribution >= 0.6 is 0 Å². The molecule has 0 spiro atoms. The van der Waals surface area contributed by atoms with E-state index in [1.807, 2.05) is 0 Å². The summed E-state index contributed by atoms with van der Waals surface area (Å²) in [7, 11) is 0. The smallest absolute Gasteiger partial charge is 0.0596 e. The fourth-order valence-corrected chi connectivity index (χ4v) is 3.36. The molecule has 0 amide bonds. The fraction of sp³-hybridized carbons (Fsp3) is 0.571. The molecule has 2 aliphatic rings. The van der Waals surface area contributed by atoms with E-state index < -0.39 is 0 Å². The molecule has 1 saturated carbocycles. The predicted octanol–water partition coefficient (Wildman–Crippen LogP) is 2.20. The molecule has 2 heteroatoms. The van der Waals surface area contributed by atoms with Gasteiger partial charge in [0.25, 0.3) is 0 Å². The van der Waals surface area contributed by atoms with Crippen LogP contribution in [0.4, 0.5) is 0 Å². The van der Waals surface area contributed by atoms with Crippen molar-refractivity contribution in [1.29, 1.82) is 0 Å². The molecule has 2 nitrogen and oxygen atoms in total. The van der Waals surface area contributed by atoms with Gasteiger partial charge in [0.2, 0.25) is 0 Å². The monoisotopic (exact) mass is 217 g/mol. The minimum atomic E-state index is -0.0378. The molecule has 1 aliphatic heterocycles. The summed E-state index contributed by atoms with van der Waals surface area (Å²) in [5.74, 6) is 0.524. The lowest BCUT2D eigenvalue weighted by Gasteiger charge is -2.34. The molecule has 1 aliphatic carbocycles. The van der Waals surface area contributed by atoms with Crippen LogP contribution in [-0.4, -0.2) is 28.7 Å². The topological polar surface area (TPSA) is 23.5 Å². The molecule has 2 bridgehead atoms. The minimum absolute atomic E-state index is 0.0378. The second kappa shape index (κ2) is 3.86. The van der Waals surface area contributed by atoms with E-state index in [0.29, 0.717) is 18.0 Å². The fourth-order valence-electron chi connectivity index (χ4n) is 3.36. The SMILES string of the molecule is C[C@H](c1ccccc1)N1C[C@H]2C[C@H]1CC2O. The van der Waals surface area contributed by atoms with E-state index in [1.165, 1.54) is 12.0 Å². The molecule has 16 heavy (non-hydrogen) atoms. The summed E-state index contributed by atoms with van der Waals surface area (Å²) in [6.07, 6.45) is 2.13. The van der Waals surface area contributed by atoms with E-state index >= 15 is 0 Å². The van der Waals surface area contributed by atoms with Gasteiger partial charge in [0.15, 0.2) is 0 Å². The van der Waals surface area contributed by atoms with Gasteiger partial charge in [0, 0.05) is 18.6 Å². The number of benzene rings is 1. The summed E-state index contributed by atoms with van der Waals surface area (Å²) < 4.78 is 0. The van der Waals surface area contributed by atoms with Crippen LogP contribution in [0.1, 0.15) is 31.4 Å². The zero-order valence-electron chi connectivity index (χ0n) is 9.71. The number of piperidine rings is 1. The summed E-state index contributed by atoms with van der Waals surface area (Å²) >= 11 is 0. The summed E-state index contributed by atoms with van der Waals surface area (Å²) in [4.78, 5) is 2.56. The van der Waals surface area contributed by atoms with Gasteiger partial charge in [0.1, 0.15) is 0 Å². The zero-order valence-corrected chi connectivity index (χ0v) is 9.71. The average molecular weight is 217 g/mol. The lowest BCUT2D eigenvalue weighted by atomic mass is 10.0. The van der Waals surface area contributed by atoms with Crippen molar-refractivity contribution in [2.45, 2.75) is 38.0 Å². The molecule has 1 heterocycles. The molecule has 4 atom stereocenters. The first-order chi connectivity index (χ1) is 7.75. The molecule has 1 saturated heterocycles. The van der Waals surface area contributed by atoms with Crippen molar-refractivity contribution in [3.05, 3.63) is 35.9 Å². The van der Waals surface area contributed by atoms with Crippen LogP contribution in [-0.2, 0) is 0 Å². The first-order valence-electron chi connectivity index (χ1n) is 6.24. The van der Waals surface area contributed by atoms with Gasteiger partial charge >= 0.3 is 0 Å². The standard InChI is InChI=1S/C14H19NO/c1-10(11-5-3-2-4-6-11)15-9-12-7-13(15)8-14(12)16/h2-6,10,12-14,16H,7-9H2,1H3/t10-,12-,13+,14?/m1/s1. The third kappa shape index (κ3) is 1.57. The maximum absolute atomic E-state index is 9.76. The number of rotatable bonds is 2. The number of nitrogens with zero attached hydrogens (tertiary/aromatic N) is 1. The first-order valence-corrected chi connectivity index (χ1v) is 6.24. The summed E-state index contributed by atoms with van der Waals surface area (Å²) in [6, 6.07) is 11.8. The molecule has 3 rings (SSSR count). The van der Waals surface area contributed by atoms with Crippen LogP contribution < -0.4 is 0 Å². The van der Waals surface area contributed by atoms with E-state index in [0.717, 1.165) is 13.0 Å². The predicted molar refractivity (Wildman–Crippen MR) is 64.1 cm³/mol. The molecule has 0 aromatic heterocycles. The highest BCUT2D eigenvalue weighted by atomic mass is 16.3. The van der Waals surface area contributed by atoms with E-state index in [9.17, 15) is 5.11 Å². The number of likely N-dealkylation sites (tertiary alicyclic amines) is 1. The Morgan fingerprint density at radius 3 is 2.56 bits per heavy atom. The first kappa shape index (κ1) is 10.3. The molecule has 1 unspecified atom stereocenters. The average Bonchev–Trinajstić information content (AvgIpc) is 2.88. The van der Waals surface area contributed by atoms with E-state index in [1.54, 1.807) is 0 Å². The van der Waals surface area contributed by atoms with Crippen LogP contribution in [0, 0.1) is 5.92 Å². The zero-order chi connectivity index (χ0) is 11.1. The summed E-state index contributed by atoms with van der Waals surface area (Å²) in [6.45, 7) is 3.35. The Labute approximate surface area is 96.9 Å². The van der Waals surface area contributed by atoms with Gasteiger partial charge in [-0.3, -0.25) is 4.90 Å². The Balaban J connectivity index is 1.76. The Hall–Kier alpha value is -0.860. The molecule has 1 aromatic carbocycles. The molecular formula is C14H19NO. The number of hydrogen-bond acceptors (Lipinski definition) is 2. The number of hydrogen-bond donors (Lipinski definition) is 1. The number of aliphatic hydroxyl groups excluding tert-OH is 1. The highest BCUT2D eigenvalue weighted by Gasteiger charge is 2.45. The van der Waals surface area contributed by atoms with Gasteiger partial charge in [0.05, 0.1) is 6.10 Å². The second-order valence-corrected chi connectivity index (χ2v) is 5.24. The van der Waals surface area contributed by atoms with Crippen molar-refractivity contribution < 1.29 is 5.11 Å². The van der Waals surface area contributed by atoms with Gasteiger partial charge in [-0.15, -0.1) is 0 Å². The maximum atomic E-state index is 9.76. The van der Waals surface area contributed by atoms with Gasteiger partial charge in [-0.25, -0.2) is 0 Å². The van der Waals surface area contributed by atoms with Crippen molar-refractivity contribution in [3.8, 4) is 0 Å². The van der Waals surface area contributed by atoms with Crippen molar-refractivity contribution in [3.63, 3.8) is 0 Å². The third-order valence-corrected chi connectivity index (χ3v) is 4.33. The molecular weight excluding hydrogens is 198 g/mol. The Bertz CT molecular complexity index is 362. The number of aliphatic hydroxyl groups is 1. The quantitative estimate of drug-likeness (QED) is 0.821. The van der Waals surface area contributed by atoms with Crippen molar-refractivity contribution in [2.24, 2.45) is 5.92 Å². The second-order valence-electron chi connectivity index (χ2n) is 5.24. The van der Waals surface area contributed by atoms with Crippen LogP contribution in [0.15, 0.2) is 30.3 Å². The van der Waals surface area contributed by atoms with Crippen LogP contribution in [0.2, 0.25) is 0 Å². The lowest BCUT2D eigenvalue weighted by molar-refractivity contribution is 0.0573. The normalized spacial score (nSPS) is 35.5. The third-order valence-electron chi connectivity index (χ3n) is 4.33. The van der Waals surface area contributed by atoms with Crippen LogP contribution in [0.3, 0.4) is 0 Å². The molecule has 0 radical (unpaired) electrons. The summed E-state index contributed by atoms with van der Waals surface area (Å²) in [5, 5.41) is 9.76. The minimum Gasteiger partial charge on any atom is -0.393 e. The van der Waals surface area contributed by atoms with Gasteiger partial charge in [-0.1, -0.05) is 30.3 Å². The Morgan fingerprint density at radius 1 is 1.25 bits per heavy atom. The largest absolute Gasteiger partial charge is 0.393 e. The van der Waals surface area contributed by atoms with Crippen LogP contribution in [0.25, 0.3) is 0 Å². The molecule has 2 fully saturated rings. The lowest BCUT2D eigenvalue weighted by Crippen LogP contribution is -2.39. The van der Waals surface area contributed by atoms with Gasteiger partial charge in [-0.2, -0.15) is 0 Å². The van der Waals surface area contributed by atoms with Crippen LogP contribution in [0.5, 0.6) is 0 Å². The maximum Gasteiger partial charge on any atom is 0.0596 e. The summed E-state index contributed by atoms with van der Waals surface area (Å²) in [5.41, 5.74) is 1.39. The Morgan fingerprint density at radius 2 is 2.00 bits per heavy atom. The van der Waals surface area contributed by atoms with Gasteiger partial charge < -0.3 is 5.11 Å². The highest BCUT2D eigenvalue weighted by molar-refractivity contribution is 5.19. The van der Waals surface area contributed by atoms with Crippen molar-refractivity contribution >= 4 is 0 Å². The van der Waals surface area contributed by atoms with E-state index in [4.69, 9.17) is 0 Å². The molecule has 86 valence electrons. The molecule has 1 N–H and O–H groups in total. The van der Waals surface area contributed by atoms with E-state index in [-0.39, 0.29) is 6.10 Å².